The van der Waals surface area contributed by atoms with Gasteiger partial charge in [-0.1, -0.05) is 5.16 Å². The van der Waals surface area contributed by atoms with Crippen molar-refractivity contribution in [2.24, 2.45) is 11.1 Å². The molecule has 0 aromatic rings. The molecule has 0 amide bonds. The number of fused-ring (bicyclic) bond motifs is 1. The van der Waals surface area contributed by atoms with Gasteiger partial charge in [-0.25, -0.2) is 8.78 Å². The van der Waals surface area contributed by atoms with Gasteiger partial charge in [-0.15, -0.1) is 0 Å². The van der Waals surface area contributed by atoms with Gasteiger partial charge in [-0.05, 0) is 19.8 Å². The quantitative estimate of drug-likeness (QED) is 0.553. The van der Waals surface area contributed by atoms with E-state index in [1.54, 1.807) is 6.92 Å². The minimum Gasteiger partial charge on any atom is -0.392 e. The van der Waals surface area contributed by atoms with Crippen LogP contribution in [0.2, 0.25) is 0 Å². The molecule has 0 spiro atoms. The molecule has 12 heavy (non-hydrogen) atoms. The molecule has 4 heteroatoms. The standard InChI is InChI=1S/C8H11F2NO/c1-5-7-6(12-11-5)3-2-4-8(7,9)10/h6-7H,2-4H2,1H3/t6-,7-/m1/s1. The van der Waals surface area contributed by atoms with Gasteiger partial charge in [-0.3, -0.25) is 0 Å². The van der Waals surface area contributed by atoms with Crippen LogP contribution in [0.15, 0.2) is 5.16 Å². The molecule has 0 aromatic heterocycles. The maximum absolute atomic E-state index is 13.2. The van der Waals surface area contributed by atoms with Crippen LogP contribution in [-0.4, -0.2) is 17.7 Å². The van der Waals surface area contributed by atoms with Crippen molar-refractivity contribution in [3.63, 3.8) is 0 Å². The molecule has 0 N–H and O–H groups in total. The summed E-state index contributed by atoms with van der Waals surface area (Å²) < 4.78 is 26.5. The lowest BCUT2D eigenvalue weighted by Gasteiger charge is -2.31. The third-order valence-electron chi connectivity index (χ3n) is 2.61. The van der Waals surface area contributed by atoms with Crippen LogP contribution in [0.3, 0.4) is 0 Å². The van der Waals surface area contributed by atoms with E-state index in [4.69, 9.17) is 4.84 Å². The van der Waals surface area contributed by atoms with E-state index in [-0.39, 0.29) is 12.5 Å². The highest BCUT2D eigenvalue weighted by molar-refractivity contribution is 5.86. The smallest absolute Gasteiger partial charge is 0.259 e. The number of alkyl halides is 2. The van der Waals surface area contributed by atoms with E-state index in [9.17, 15) is 8.78 Å². The largest absolute Gasteiger partial charge is 0.392 e. The molecule has 2 atom stereocenters. The fraction of sp³-hybridized carbons (Fsp3) is 0.875. The molecule has 0 radical (unpaired) electrons. The molecule has 1 aliphatic carbocycles. The summed E-state index contributed by atoms with van der Waals surface area (Å²) in [6, 6.07) is 0. The monoisotopic (exact) mass is 175 g/mol. The summed E-state index contributed by atoms with van der Waals surface area (Å²) in [5.74, 6) is -3.36. The highest BCUT2D eigenvalue weighted by Gasteiger charge is 2.52. The van der Waals surface area contributed by atoms with Crippen LogP contribution in [0.25, 0.3) is 0 Å². The van der Waals surface area contributed by atoms with Crippen LogP contribution in [0.4, 0.5) is 8.78 Å². The zero-order chi connectivity index (χ0) is 8.77. The fourth-order valence-corrected chi connectivity index (χ4v) is 2.03. The first-order valence-corrected chi connectivity index (χ1v) is 4.19. The van der Waals surface area contributed by atoms with Gasteiger partial charge in [0, 0.05) is 6.42 Å². The molecule has 0 aromatic carbocycles. The molecule has 0 unspecified atom stereocenters. The Balaban J connectivity index is 2.24. The van der Waals surface area contributed by atoms with Gasteiger partial charge in [-0.2, -0.15) is 0 Å². The highest BCUT2D eigenvalue weighted by Crippen LogP contribution is 2.43. The summed E-state index contributed by atoms with van der Waals surface area (Å²) in [5, 5.41) is 3.61. The van der Waals surface area contributed by atoms with Gasteiger partial charge in [0.15, 0.2) is 0 Å². The number of hydrogen-bond acceptors (Lipinski definition) is 2. The number of hydrogen-bond donors (Lipinski definition) is 0. The van der Waals surface area contributed by atoms with Crippen molar-refractivity contribution in [3.05, 3.63) is 0 Å². The maximum atomic E-state index is 13.2. The summed E-state index contributed by atoms with van der Waals surface area (Å²) in [6.07, 6.45) is 0.858. The topological polar surface area (TPSA) is 21.6 Å². The van der Waals surface area contributed by atoms with E-state index >= 15 is 0 Å². The molecule has 1 heterocycles. The molecular formula is C8H11F2NO. The molecule has 1 aliphatic heterocycles. The Morgan fingerprint density at radius 2 is 2.33 bits per heavy atom. The summed E-state index contributed by atoms with van der Waals surface area (Å²) in [7, 11) is 0. The second-order valence-corrected chi connectivity index (χ2v) is 3.51. The normalized spacial score (nSPS) is 38.4. The Kier molecular flexibility index (Phi) is 1.59. The first-order valence-electron chi connectivity index (χ1n) is 4.19. The number of rotatable bonds is 0. The first-order chi connectivity index (χ1) is 5.61. The highest BCUT2D eigenvalue weighted by atomic mass is 19.3. The van der Waals surface area contributed by atoms with Gasteiger partial charge >= 0.3 is 0 Å². The Morgan fingerprint density at radius 1 is 1.58 bits per heavy atom. The third-order valence-corrected chi connectivity index (χ3v) is 2.61. The Morgan fingerprint density at radius 3 is 3.00 bits per heavy atom. The summed E-state index contributed by atoms with van der Waals surface area (Å²) >= 11 is 0. The van der Waals surface area contributed by atoms with E-state index in [1.807, 2.05) is 0 Å². The predicted octanol–water partition coefficient (Wildman–Crippen LogP) is 2.20. The number of halogens is 2. The molecule has 2 nitrogen and oxygen atoms in total. The number of nitrogens with zero attached hydrogens (tertiary/aromatic N) is 1. The zero-order valence-electron chi connectivity index (χ0n) is 6.89. The molecule has 1 saturated carbocycles. The SMILES string of the molecule is CC1=NO[C@@H]2CCCC(F)(F)[C@H]12. The van der Waals surface area contributed by atoms with Crippen LogP contribution < -0.4 is 0 Å². The molecule has 2 rings (SSSR count). The van der Waals surface area contributed by atoms with Crippen molar-refractivity contribution in [2.45, 2.75) is 38.2 Å². The van der Waals surface area contributed by atoms with Crippen LogP contribution in [0.1, 0.15) is 26.2 Å². The molecule has 0 bridgehead atoms. The molecule has 68 valence electrons. The molecule has 2 aliphatic rings. The average molecular weight is 175 g/mol. The molecule has 1 fully saturated rings. The van der Waals surface area contributed by atoms with Crippen molar-refractivity contribution in [1.29, 1.82) is 0 Å². The van der Waals surface area contributed by atoms with Gasteiger partial charge < -0.3 is 4.84 Å². The van der Waals surface area contributed by atoms with Crippen molar-refractivity contribution in [1.82, 2.24) is 0 Å². The van der Waals surface area contributed by atoms with Crippen molar-refractivity contribution in [2.75, 3.05) is 0 Å². The van der Waals surface area contributed by atoms with E-state index in [1.165, 1.54) is 0 Å². The van der Waals surface area contributed by atoms with E-state index in [0.717, 1.165) is 0 Å². The van der Waals surface area contributed by atoms with Crippen molar-refractivity contribution < 1.29 is 13.6 Å². The summed E-state index contributed by atoms with van der Waals surface area (Å²) in [5.41, 5.74) is 0.449. The molecule has 0 saturated heterocycles. The first kappa shape index (κ1) is 7.95. The van der Waals surface area contributed by atoms with Gasteiger partial charge in [0.05, 0.1) is 5.71 Å². The lowest BCUT2D eigenvalue weighted by Crippen LogP contribution is -2.42. The van der Waals surface area contributed by atoms with E-state index in [2.05, 4.69) is 5.16 Å². The Labute approximate surface area is 69.6 Å². The van der Waals surface area contributed by atoms with Crippen LogP contribution >= 0.6 is 0 Å². The van der Waals surface area contributed by atoms with E-state index < -0.39 is 11.8 Å². The van der Waals surface area contributed by atoms with Gasteiger partial charge in [0.1, 0.15) is 12.0 Å². The van der Waals surface area contributed by atoms with Crippen molar-refractivity contribution >= 4 is 5.71 Å². The van der Waals surface area contributed by atoms with Gasteiger partial charge in [0.2, 0.25) is 0 Å². The van der Waals surface area contributed by atoms with Crippen LogP contribution in [0, 0.1) is 5.92 Å². The average Bonchev–Trinajstić information content (AvgIpc) is 2.32. The summed E-state index contributed by atoms with van der Waals surface area (Å²) in [6.45, 7) is 1.61. The second kappa shape index (κ2) is 2.41. The summed E-state index contributed by atoms with van der Waals surface area (Å²) in [4.78, 5) is 4.91. The lowest BCUT2D eigenvalue weighted by atomic mass is 9.81. The van der Waals surface area contributed by atoms with Crippen LogP contribution in [-0.2, 0) is 4.84 Å². The van der Waals surface area contributed by atoms with Gasteiger partial charge in [0.25, 0.3) is 5.92 Å². The van der Waals surface area contributed by atoms with E-state index in [0.29, 0.717) is 18.6 Å². The third kappa shape index (κ3) is 1.01. The molecular weight excluding hydrogens is 164 g/mol. The fourth-order valence-electron chi connectivity index (χ4n) is 2.03. The van der Waals surface area contributed by atoms with Crippen LogP contribution in [0.5, 0.6) is 0 Å². The Hall–Kier alpha value is -0.670. The predicted molar refractivity (Wildman–Crippen MR) is 40.3 cm³/mol. The van der Waals surface area contributed by atoms with Crippen molar-refractivity contribution in [3.8, 4) is 0 Å². The second-order valence-electron chi connectivity index (χ2n) is 3.51. The number of oxime groups is 1. The minimum absolute atomic E-state index is 0.0234. The minimum atomic E-state index is -2.60. The maximum Gasteiger partial charge on any atom is 0.259 e. The zero-order valence-corrected chi connectivity index (χ0v) is 6.89. The lowest BCUT2D eigenvalue weighted by molar-refractivity contribution is -0.109. The Bertz CT molecular complexity index is 227.